The molecule has 0 aliphatic heterocycles. The van der Waals surface area contributed by atoms with E-state index in [0.29, 0.717) is 9.37 Å². The number of carboxylic acid groups (broad SMARTS) is 1. The predicted octanol–water partition coefficient (Wildman–Crippen LogP) is 2.09. The van der Waals surface area contributed by atoms with Crippen LogP contribution < -0.4 is 0 Å². The summed E-state index contributed by atoms with van der Waals surface area (Å²) in [6.45, 7) is 1.82. The van der Waals surface area contributed by atoms with Crippen molar-refractivity contribution in [3.05, 3.63) is 29.7 Å². The molecule has 2 aromatic rings. The summed E-state index contributed by atoms with van der Waals surface area (Å²) in [6, 6.07) is 3.22. The smallest absolute Gasteiger partial charge is 0.338 e. The summed E-state index contributed by atoms with van der Waals surface area (Å²) in [4.78, 5) is 19.1. The van der Waals surface area contributed by atoms with E-state index in [2.05, 4.69) is 14.3 Å². The van der Waals surface area contributed by atoms with Crippen LogP contribution in [-0.2, 0) is 0 Å². The molecule has 0 aromatic carbocycles. The number of aromatic carboxylic acids is 1. The van der Waals surface area contributed by atoms with E-state index in [9.17, 15) is 4.79 Å². The molecule has 0 saturated carbocycles. The average molecular weight is 253 g/mol. The molecule has 1 N–H and O–H groups in total. The summed E-state index contributed by atoms with van der Waals surface area (Å²) >= 11 is 2.43. The molecule has 0 amide bonds. The van der Waals surface area contributed by atoms with Crippen LogP contribution >= 0.6 is 23.3 Å². The number of carbonyl (C=O) groups is 1. The predicted molar refractivity (Wildman–Crippen MR) is 60.0 cm³/mol. The van der Waals surface area contributed by atoms with Gasteiger partial charge in [0.05, 0.1) is 5.56 Å². The lowest BCUT2D eigenvalue weighted by atomic mass is 10.2. The van der Waals surface area contributed by atoms with Crippen LogP contribution in [0.3, 0.4) is 0 Å². The highest BCUT2D eigenvalue weighted by Gasteiger charge is 2.14. The molecule has 82 valence electrons. The van der Waals surface area contributed by atoms with Gasteiger partial charge in [-0.25, -0.2) is 14.8 Å². The molecule has 0 saturated heterocycles. The Bertz CT molecular complexity index is 513. The molecule has 0 bridgehead atoms. The van der Waals surface area contributed by atoms with E-state index in [-0.39, 0.29) is 5.56 Å². The number of nitrogens with zero attached hydrogens (tertiary/aromatic N) is 3. The first-order chi connectivity index (χ1) is 7.66. The minimum absolute atomic E-state index is 0.186. The van der Waals surface area contributed by atoms with Gasteiger partial charge in [-0.05, 0) is 42.4 Å². The number of aromatic nitrogens is 3. The van der Waals surface area contributed by atoms with Crippen molar-refractivity contribution in [3.63, 3.8) is 0 Å². The van der Waals surface area contributed by atoms with Crippen molar-refractivity contribution >= 4 is 29.3 Å². The molecule has 16 heavy (non-hydrogen) atoms. The summed E-state index contributed by atoms with van der Waals surface area (Å²) in [5.74, 6) is -0.987. The van der Waals surface area contributed by atoms with Crippen molar-refractivity contribution in [1.82, 2.24) is 14.3 Å². The van der Waals surface area contributed by atoms with Gasteiger partial charge in [0.25, 0.3) is 0 Å². The molecule has 0 aliphatic carbocycles. The van der Waals surface area contributed by atoms with Gasteiger partial charge in [0.2, 0.25) is 0 Å². The Kier molecular flexibility index (Phi) is 3.16. The fraction of sp³-hybridized carbons (Fsp3) is 0.111. The van der Waals surface area contributed by atoms with Gasteiger partial charge in [-0.3, -0.25) is 0 Å². The van der Waals surface area contributed by atoms with Crippen LogP contribution in [-0.4, -0.2) is 25.4 Å². The summed E-state index contributed by atoms with van der Waals surface area (Å²) in [5, 5.41) is 9.45. The summed E-state index contributed by atoms with van der Waals surface area (Å²) in [5.41, 5.74) is 0.961. The Hall–Kier alpha value is -1.47. The summed E-state index contributed by atoms with van der Waals surface area (Å²) in [7, 11) is 0. The van der Waals surface area contributed by atoms with Crippen molar-refractivity contribution in [2.45, 2.75) is 16.3 Å². The zero-order valence-electron chi connectivity index (χ0n) is 8.25. The van der Waals surface area contributed by atoms with Crippen molar-refractivity contribution in [2.24, 2.45) is 0 Å². The SMILES string of the molecule is Cc1ccc(C(=O)O)c(Sc2ncns2)n1. The van der Waals surface area contributed by atoms with Gasteiger partial charge in [0, 0.05) is 5.69 Å². The molecule has 0 radical (unpaired) electrons. The van der Waals surface area contributed by atoms with Crippen LogP contribution in [0, 0.1) is 6.92 Å². The third kappa shape index (κ3) is 2.37. The van der Waals surface area contributed by atoms with Gasteiger partial charge >= 0.3 is 5.97 Å². The normalized spacial score (nSPS) is 10.3. The van der Waals surface area contributed by atoms with Gasteiger partial charge in [0.15, 0.2) is 4.34 Å². The minimum Gasteiger partial charge on any atom is -0.478 e. The molecule has 0 aliphatic rings. The van der Waals surface area contributed by atoms with Gasteiger partial charge in [-0.1, -0.05) is 0 Å². The fourth-order valence-corrected chi connectivity index (χ4v) is 2.58. The maximum atomic E-state index is 11.0. The maximum absolute atomic E-state index is 11.0. The number of aryl methyl sites for hydroxylation is 1. The minimum atomic E-state index is -0.987. The van der Waals surface area contributed by atoms with Crippen molar-refractivity contribution in [1.29, 1.82) is 0 Å². The highest BCUT2D eigenvalue weighted by molar-refractivity contribution is 8.01. The molecule has 2 aromatic heterocycles. The van der Waals surface area contributed by atoms with E-state index in [0.717, 1.165) is 5.69 Å². The van der Waals surface area contributed by atoms with Gasteiger partial charge < -0.3 is 5.11 Å². The Morgan fingerprint density at radius 2 is 2.31 bits per heavy atom. The zero-order chi connectivity index (χ0) is 11.5. The van der Waals surface area contributed by atoms with Crippen LogP contribution in [0.2, 0.25) is 0 Å². The highest BCUT2D eigenvalue weighted by Crippen LogP contribution is 2.29. The number of hydrogen-bond donors (Lipinski definition) is 1. The average Bonchev–Trinajstić information content (AvgIpc) is 2.70. The van der Waals surface area contributed by atoms with Crippen molar-refractivity contribution in [2.75, 3.05) is 0 Å². The summed E-state index contributed by atoms with van der Waals surface area (Å²) in [6.07, 6.45) is 1.43. The quantitative estimate of drug-likeness (QED) is 0.902. The first kappa shape index (κ1) is 11.0. The van der Waals surface area contributed by atoms with E-state index in [1.807, 2.05) is 6.92 Å². The molecule has 0 unspecified atom stereocenters. The van der Waals surface area contributed by atoms with Gasteiger partial charge in [-0.15, -0.1) is 0 Å². The Labute approximate surface area is 99.7 Å². The zero-order valence-corrected chi connectivity index (χ0v) is 9.88. The van der Waals surface area contributed by atoms with Crippen molar-refractivity contribution < 1.29 is 9.90 Å². The molecule has 0 atom stereocenters. The number of carboxylic acids is 1. The molecule has 0 spiro atoms. The lowest BCUT2D eigenvalue weighted by molar-refractivity contribution is 0.0692. The van der Waals surface area contributed by atoms with Crippen molar-refractivity contribution in [3.8, 4) is 0 Å². The number of hydrogen-bond acceptors (Lipinski definition) is 6. The largest absolute Gasteiger partial charge is 0.478 e. The molecular weight excluding hydrogens is 246 g/mol. The monoisotopic (exact) mass is 253 g/mol. The van der Waals surface area contributed by atoms with E-state index >= 15 is 0 Å². The molecule has 5 nitrogen and oxygen atoms in total. The fourth-order valence-electron chi connectivity index (χ4n) is 1.06. The van der Waals surface area contributed by atoms with Crippen LogP contribution in [0.5, 0.6) is 0 Å². The first-order valence-corrected chi connectivity index (χ1v) is 5.91. The summed E-state index contributed by atoms with van der Waals surface area (Å²) < 4.78 is 4.53. The van der Waals surface area contributed by atoms with E-state index in [1.165, 1.54) is 29.6 Å². The lowest BCUT2D eigenvalue weighted by Crippen LogP contribution is -2.01. The Morgan fingerprint density at radius 1 is 1.50 bits per heavy atom. The molecule has 2 rings (SSSR count). The third-order valence-corrected chi connectivity index (χ3v) is 3.47. The van der Waals surface area contributed by atoms with Crippen LogP contribution in [0.25, 0.3) is 0 Å². The lowest BCUT2D eigenvalue weighted by Gasteiger charge is -2.03. The molecular formula is C9H7N3O2S2. The second kappa shape index (κ2) is 4.58. The number of pyridine rings is 1. The van der Waals surface area contributed by atoms with Gasteiger partial charge in [-0.2, -0.15) is 4.37 Å². The third-order valence-electron chi connectivity index (χ3n) is 1.75. The second-order valence-corrected chi connectivity index (χ2v) is 4.94. The van der Waals surface area contributed by atoms with Crippen LogP contribution in [0.1, 0.15) is 16.1 Å². The first-order valence-electron chi connectivity index (χ1n) is 4.32. The van der Waals surface area contributed by atoms with Crippen LogP contribution in [0.15, 0.2) is 27.8 Å². The molecule has 7 heteroatoms. The van der Waals surface area contributed by atoms with E-state index in [1.54, 1.807) is 12.1 Å². The van der Waals surface area contributed by atoms with Gasteiger partial charge in [0.1, 0.15) is 11.4 Å². The maximum Gasteiger partial charge on any atom is 0.338 e. The van der Waals surface area contributed by atoms with Crippen LogP contribution in [0.4, 0.5) is 0 Å². The molecule has 0 fully saturated rings. The Morgan fingerprint density at radius 3 is 2.94 bits per heavy atom. The number of rotatable bonds is 3. The van der Waals surface area contributed by atoms with E-state index in [4.69, 9.17) is 5.11 Å². The highest BCUT2D eigenvalue weighted by atomic mass is 32.2. The topological polar surface area (TPSA) is 76.0 Å². The standard InChI is InChI=1S/C9H7N3O2S2/c1-5-2-3-6(8(13)14)7(12-5)15-9-10-4-11-16-9/h2-4H,1H3,(H,13,14). The Balaban J connectivity index is 2.38. The van der Waals surface area contributed by atoms with E-state index < -0.39 is 5.97 Å². The second-order valence-electron chi connectivity index (χ2n) is 2.92. The molecule has 2 heterocycles.